The summed E-state index contributed by atoms with van der Waals surface area (Å²) in [6, 6.07) is 6.21. The number of benzene rings is 1. The van der Waals surface area contributed by atoms with E-state index in [1.54, 1.807) is 0 Å². The molecule has 1 atom stereocenters. The fourth-order valence-electron chi connectivity index (χ4n) is 3.08. The van der Waals surface area contributed by atoms with Crippen molar-refractivity contribution in [3.63, 3.8) is 0 Å². The van der Waals surface area contributed by atoms with Crippen LogP contribution >= 0.6 is 0 Å². The Bertz CT molecular complexity index is 540. The molecule has 3 rings (SSSR count). The Morgan fingerprint density at radius 2 is 1.89 bits per heavy atom. The highest BCUT2D eigenvalue weighted by atomic mass is 16.2. The Morgan fingerprint density at radius 3 is 2.78 bits per heavy atom. The zero-order chi connectivity index (χ0) is 12.5. The van der Waals surface area contributed by atoms with Crippen molar-refractivity contribution in [2.24, 2.45) is 0 Å². The minimum atomic E-state index is -0.348. The standard InChI is InChI=1S/C16H16O2/c17-15-10-4-9-14(16(15)18)13-8-3-6-11-5-1-2-7-12(11)13/h3-4,6,8,10,14H,1-2,5,7,9H2. The van der Waals surface area contributed by atoms with Gasteiger partial charge in [0.1, 0.15) is 0 Å². The number of Topliss-reactive ketones (excluding diaryl/α,β-unsaturated/α-hetero) is 1. The molecule has 0 saturated heterocycles. The molecule has 2 nitrogen and oxygen atoms in total. The first kappa shape index (κ1) is 11.4. The van der Waals surface area contributed by atoms with Crippen LogP contribution in [0.5, 0.6) is 0 Å². The molecule has 92 valence electrons. The lowest BCUT2D eigenvalue weighted by molar-refractivity contribution is -0.135. The van der Waals surface area contributed by atoms with E-state index in [-0.39, 0.29) is 17.5 Å². The molecule has 2 aliphatic rings. The summed E-state index contributed by atoms with van der Waals surface area (Å²) in [5, 5.41) is 0. The van der Waals surface area contributed by atoms with E-state index in [0.29, 0.717) is 6.42 Å². The second-order valence-electron chi connectivity index (χ2n) is 5.11. The first-order valence-corrected chi connectivity index (χ1v) is 6.63. The molecule has 2 aliphatic carbocycles. The smallest absolute Gasteiger partial charge is 0.221 e. The van der Waals surface area contributed by atoms with Gasteiger partial charge in [-0.1, -0.05) is 24.3 Å². The number of hydrogen-bond donors (Lipinski definition) is 0. The van der Waals surface area contributed by atoms with Gasteiger partial charge in [-0.3, -0.25) is 9.59 Å². The average molecular weight is 240 g/mol. The summed E-state index contributed by atoms with van der Waals surface area (Å²) in [6.45, 7) is 0. The summed E-state index contributed by atoms with van der Waals surface area (Å²) in [6.07, 6.45) is 8.48. The van der Waals surface area contributed by atoms with E-state index in [4.69, 9.17) is 0 Å². The van der Waals surface area contributed by atoms with Gasteiger partial charge in [0, 0.05) is 0 Å². The van der Waals surface area contributed by atoms with Crippen LogP contribution in [0.4, 0.5) is 0 Å². The highest BCUT2D eigenvalue weighted by Crippen LogP contribution is 2.33. The summed E-state index contributed by atoms with van der Waals surface area (Å²) in [7, 11) is 0. The predicted molar refractivity (Wildman–Crippen MR) is 69.6 cm³/mol. The largest absolute Gasteiger partial charge is 0.290 e. The van der Waals surface area contributed by atoms with Gasteiger partial charge in [0.2, 0.25) is 11.6 Å². The van der Waals surface area contributed by atoms with Crippen LogP contribution < -0.4 is 0 Å². The molecule has 1 aromatic carbocycles. The van der Waals surface area contributed by atoms with Crippen LogP contribution in [0, 0.1) is 0 Å². The lowest BCUT2D eigenvalue weighted by atomic mass is 9.79. The van der Waals surface area contributed by atoms with Gasteiger partial charge in [0.05, 0.1) is 5.92 Å². The maximum atomic E-state index is 12.0. The number of ketones is 2. The lowest BCUT2D eigenvalue weighted by Gasteiger charge is -2.24. The van der Waals surface area contributed by atoms with Gasteiger partial charge in [-0.05, 0) is 54.9 Å². The number of aryl methyl sites for hydroxylation is 1. The molecular weight excluding hydrogens is 224 g/mol. The predicted octanol–water partition coefficient (Wildman–Crippen LogP) is 2.75. The SMILES string of the molecule is O=C1C=CCC(c2cccc3c2CCCC3)C1=O. The third-order valence-corrected chi connectivity index (χ3v) is 4.01. The topological polar surface area (TPSA) is 34.1 Å². The molecule has 1 aromatic rings. The molecule has 18 heavy (non-hydrogen) atoms. The van der Waals surface area contributed by atoms with Gasteiger partial charge in [-0.15, -0.1) is 0 Å². The fraction of sp³-hybridized carbons (Fsp3) is 0.375. The van der Waals surface area contributed by atoms with Gasteiger partial charge in [0.25, 0.3) is 0 Å². The molecule has 0 saturated carbocycles. The third-order valence-electron chi connectivity index (χ3n) is 4.01. The molecule has 0 amide bonds. The van der Waals surface area contributed by atoms with Gasteiger partial charge in [-0.2, -0.15) is 0 Å². The van der Waals surface area contributed by atoms with Gasteiger partial charge in [-0.25, -0.2) is 0 Å². The Labute approximate surface area is 107 Å². The molecular formula is C16H16O2. The zero-order valence-electron chi connectivity index (χ0n) is 10.3. The van der Waals surface area contributed by atoms with Crippen LogP contribution in [0.15, 0.2) is 30.4 Å². The minimum Gasteiger partial charge on any atom is -0.290 e. The summed E-state index contributed by atoms with van der Waals surface area (Å²) in [5.74, 6) is -0.827. The minimum absolute atomic E-state index is 0.239. The summed E-state index contributed by atoms with van der Waals surface area (Å²) < 4.78 is 0. The first-order valence-electron chi connectivity index (χ1n) is 6.63. The number of carbonyl (C=O) groups excluding carboxylic acids is 2. The molecule has 2 heteroatoms. The van der Waals surface area contributed by atoms with Crippen molar-refractivity contribution in [3.8, 4) is 0 Å². The summed E-state index contributed by atoms with van der Waals surface area (Å²) in [4.78, 5) is 23.5. The van der Waals surface area contributed by atoms with Crippen molar-refractivity contribution in [2.75, 3.05) is 0 Å². The number of hydrogen-bond acceptors (Lipinski definition) is 2. The number of rotatable bonds is 1. The monoisotopic (exact) mass is 240 g/mol. The van der Waals surface area contributed by atoms with Crippen LogP contribution in [0.3, 0.4) is 0 Å². The van der Waals surface area contributed by atoms with Crippen LogP contribution in [-0.2, 0) is 22.4 Å². The number of carbonyl (C=O) groups is 2. The van der Waals surface area contributed by atoms with E-state index >= 15 is 0 Å². The Hall–Kier alpha value is -1.70. The zero-order valence-corrected chi connectivity index (χ0v) is 10.3. The van der Waals surface area contributed by atoms with Crippen LogP contribution in [0.2, 0.25) is 0 Å². The first-order chi connectivity index (χ1) is 8.77. The van der Waals surface area contributed by atoms with E-state index in [1.807, 2.05) is 18.2 Å². The third kappa shape index (κ3) is 1.82. The maximum absolute atomic E-state index is 12.0. The van der Waals surface area contributed by atoms with Crippen molar-refractivity contribution in [3.05, 3.63) is 47.0 Å². The van der Waals surface area contributed by atoms with Crippen molar-refractivity contribution in [1.29, 1.82) is 0 Å². The Balaban J connectivity index is 2.04. The summed E-state index contributed by atoms with van der Waals surface area (Å²) in [5.41, 5.74) is 3.79. The van der Waals surface area contributed by atoms with Gasteiger partial charge < -0.3 is 0 Å². The molecule has 0 heterocycles. The van der Waals surface area contributed by atoms with E-state index < -0.39 is 0 Å². The van der Waals surface area contributed by atoms with Crippen molar-refractivity contribution < 1.29 is 9.59 Å². The quantitative estimate of drug-likeness (QED) is 0.707. The van der Waals surface area contributed by atoms with Crippen LogP contribution in [-0.4, -0.2) is 11.6 Å². The average Bonchev–Trinajstić information content (AvgIpc) is 2.41. The molecule has 0 fully saturated rings. The van der Waals surface area contributed by atoms with E-state index in [2.05, 4.69) is 6.07 Å². The second kappa shape index (κ2) is 4.52. The Kier molecular flexibility index (Phi) is 2.86. The molecule has 0 radical (unpaired) electrons. The fourth-order valence-corrected chi connectivity index (χ4v) is 3.08. The highest BCUT2D eigenvalue weighted by Gasteiger charge is 2.29. The molecule has 0 N–H and O–H groups in total. The second-order valence-corrected chi connectivity index (χ2v) is 5.11. The normalized spacial score (nSPS) is 23.0. The lowest BCUT2D eigenvalue weighted by Crippen LogP contribution is -2.25. The van der Waals surface area contributed by atoms with E-state index in [1.165, 1.54) is 30.0 Å². The summed E-state index contributed by atoms with van der Waals surface area (Å²) >= 11 is 0. The molecule has 0 spiro atoms. The van der Waals surface area contributed by atoms with Crippen molar-refractivity contribution in [1.82, 2.24) is 0 Å². The molecule has 0 aromatic heterocycles. The highest BCUT2D eigenvalue weighted by molar-refractivity contribution is 6.44. The van der Waals surface area contributed by atoms with E-state index in [9.17, 15) is 9.59 Å². The van der Waals surface area contributed by atoms with E-state index in [0.717, 1.165) is 18.4 Å². The van der Waals surface area contributed by atoms with Crippen molar-refractivity contribution in [2.45, 2.75) is 38.0 Å². The van der Waals surface area contributed by atoms with Gasteiger partial charge in [0.15, 0.2) is 0 Å². The molecule has 0 bridgehead atoms. The van der Waals surface area contributed by atoms with Crippen molar-refractivity contribution >= 4 is 11.6 Å². The number of fused-ring (bicyclic) bond motifs is 1. The van der Waals surface area contributed by atoms with Crippen LogP contribution in [0.1, 0.15) is 41.9 Å². The maximum Gasteiger partial charge on any atom is 0.221 e. The molecule has 0 aliphatic heterocycles. The van der Waals surface area contributed by atoms with Gasteiger partial charge >= 0.3 is 0 Å². The number of allylic oxidation sites excluding steroid dienone is 2. The Morgan fingerprint density at radius 1 is 1.06 bits per heavy atom. The van der Waals surface area contributed by atoms with Crippen LogP contribution in [0.25, 0.3) is 0 Å². The molecule has 1 unspecified atom stereocenters.